The quantitative estimate of drug-likeness (QED) is 0.0513. The second-order valence-electron chi connectivity index (χ2n) is 12.5. The van der Waals surface area contributed by atoms with Gasteiger partial charge in [0.05, 0.1) is 5.41 Å². The van der Waals surface area contributed by atoms with Gasteiger partial charge in [0.1, 0.15) is 18.7 Å². The van der Waals surface area contributed by atoms with Crippen LogP contribution in [0.2, 0.25) is 0 Å². The molecule has 0 saturated carbocycles. The molecule has 270 valence electrons. The number of nitrogens with one attached hydrogen (secondary N) is 4. The van der Waals surface area contributed by atoms with Gasteiger partial charge in [-0.3, -0.25) is 37.9 Å². The van der Waals surface area contributed by atoms with Crippen molar-refractivity contribution in [1.82, 2.24) is 20.9 Å². The number of thiol groups is 1. The lowest BCUT2D eigenvalue weighted by atomic mass is 9.97. The lowest BCUT2D eigenvalue weighted by molar-refractivity contribution is -0.154. The molecule has 0 aromatic heterocycles. The van der Waals surface area contributed by atoms with Crippen molar-refractivity contribution in [3.8, 4) is 0 Å². The van der Waals surface area contributed by atoms with Crippen molar-refractivity contribution >= 4 is 58.2 Å². The molecule has 3 atom stereocenters. The van der Waals surface area contributed by atoms with Gasteiger partial charge in [-0.05, 0) is 57.2 Å². The zero-order valence-corrected chi connectivity index (χ0v) is 28.9. The van der Waals surface area contributed by atoms with E-state index in [1.54, 1.807) is 58.9 Å². The standard InChI is InChI=1S/C31H44N6O11S/c1-18(2)25(36-27(41)22(48-49(45)46)14-16-37-23(38)12-13-24(37)39)28(42)35-21(7-6-15-33-30(32)44)26(40)34-20-10-8-19(9-11-20)17-47-29(43)31(3,4)5/h8-13,18,21-22,25,49H,6-7,14-17H2,1-5H3,(H,34,40)(H,35,42)(H,36,41)(H3,32,33,44)/t21-,22+,25-/m0/s1. The number of carbonyl (C=O) groups is 7. The number of esters is 1. The van der Waals surface area contributed by atoms with Crippen LogP contribution in [-0.2, 0) is 55.3 Å². The summed E-state index contributed by atoms with van der Waals surface area (Å²) in [6, 6.07) is 3.28. The Morgan fingerprint density at radius 3 is 2.04 bits per heavy atom. The van der Waals surface area contributed by atoms with Crippen LogP contribution in [0.5, 0.6) is 0 Å². The first kappa shape index (κ1) is 40.3. The third-order valence-electron chi connectivity index (χ3n) is 7.07. The second-order valence-corrected chi connectivity index (χ2v) is 13.2. The van der Waals surface area contributed by atoms with Gasteiger partial charge in [0, 0.05) is 37.3 Å². The molecule has 1 aromatic rings. The lowest BCUT2D eigenvalue weighted by Gasteiger charge is -2.27. The van der Waals surface area contributed by atoms with Crippen molar-refractivity contribution in [2.75, 3.05) is 18.4 Å². The van der Waals surface area contributed by atoms with Crippen molar-refractivity contribution in [3.63, 3.8) is 0 Å². The SMILES string of the molecule is CC(C)[C@H](NC(=O)[C@@H](CCN1C(=O)C=CC1=O)O[SH](=O)=O)C(=O)N[C@@H](CCCNC(N)=O)C(=O)Nc1ccc(COC(=O)C(C)(C)C)cc1. The van der Waals surface area contributed by atoms with Gasteiger partial charge in [0.25, 0.3) is 28.7 Å². The highest BCUT2D eigenvalue weighted by atomic mass is 32.2. The second kappa shape index (κ2) is 18.6. The number of nitrogens with zero attached hydrogens (tertiary/aromatic N) is 1. The van der Waals surface area contributed by atoms with E-state index in [2.05, 4.69) is 21.3 Å². The third kappa shape index (κ3) is 13.7. The van der Waals surface area contributed by atoms with Crippen LogP contribution in [0.15, 0.2) is 36.4 Å². The van der Waals surface area contributed by atoms with E-state index in [0.29, 0.717) is 11.3 Å². The number of rotatable bonds is 18. The van der Waals surface area contributed by atoms with Crippen LogP contribution in [0.1, 0.15) is 59.4 Å². The molecule has 0 fully saturated rings. The van der Waals surface area contributed by atoms with Gasteiger partial charge in [0.15, 0.2) is 6.10 Å². The average Bonchev–Trinajstić information content (AvgIpc) is 3.33. The molecule has 0 bridgehead atoms. The molecule has 1 heterocycles. The summed E-state index contributed by atoms with van der Waals surface area (Å²) >= 11 is 0. The van der Waals surface area contributed by atoms with Gasteiger partial charge in [-0.25, -0.2) is 13.2 Å². The minimum Gasteiger partial charge on any atom is -0.460 e. The summed E-state index contributed by atoms with van der Waals surface area (Å²) in [6.07, 6.45) is 0.292. The maximum Gasteiger partial charge on any atom is 0.312 e. The molecule has 1 aliphatic heterocycles. The van der Waals surface area contributed by atoms with Crippen molar-refractivity contribution in [1.29, 1.82) is 0 Å². The summed E-state index contributed by atoms with van der Waals surface area (Å²) in [4.78, 5) is 87.6. The number of carbonyl (C=O) groups excluding carboxylic acids is 7. The molecule has 0 spiro atoms. The van der Waals surface area contributed by atoms with Crippen LogP contribution >= 0.6 is 0 Å². The fourth-order valence-corrected chi connectivity index (χ4v) is 4.75. The van der Waals surface area contributed by atoms with Gasteiger partial charge in [0.2, 0.25) is 11.8 Å². The van der Waals surface area contributed by atoms with Crippen LogP contribution in [0.4, 0.5) is 10.5 Å². The molecule has 1 aliphatic rings. The van der Waals surface area contributed by atoms with Gasteiger partial charge in [-0.15, -0.1) is 0 Å². The van der Waals surface area contributed by atoms with E-state index in [1.165, 1.54) is 0 Å². The topological polar surface area (TPSA) is 249 Å². The van der Waals surface area contributed by atoms with Crippen LogP contribution < -0.4 is 27.0 Å². The monoisotopic (exact) mass is 708 g/mol. The first-order valence-electron chi connectivity index (χ1n) is 15.4. The van der Waals surface area contributed by atoms with Crippen molar-refractivity contribution < 1.29 is 50.9 Å². The Labute approximate surface area is 285 Å². The number of benzene rings is 1. The van der Waals surface area contributed by atoms with Gasteiger partial charge in [-0.1, -0.05) is 26.0 Å². The highest BCUT2D eigenvalue weighted by Gasteiger charge is 2.33. The first-order valence-corrected chi connectivity index (χ1v) is 16.5. The van der Waals surface area contributed by atoms with E-state index in [-0.39, 0.29) is 44.9 Å². The number of hydrogen-bond donors (Lipinski definition) is 6. The minimum absolute atomic E-state index is 0.0289. The van der Waals surface area contributed by atoms with E-state index in [9.17, 15) is 42.0 Å². The Kier molecular flexibility index (Phi) is 15.3. The average molecular weight is 709 g/mol. The number of nitrogens with two attached hydrogens (primary N) is 1. The molecular weight excluding hydrogens is 664 g/mol. The van der Waals surface area contributed by atoms with Crippen molar-refractivity contribution in [2.45, 2.75) is 78.7 Å². The fourth-order valence-electron chi connectivity index (χ4n) is 4.34. The Bertz CT molecular complexity index is 1480. The molecule has 2 rings (SSSR count). The lowest BCUT2D eigenvalue weighted by Crippen LogP contribution is -2.56. The van der Waals surface area contributed by atoms with E-state index in [0.717, 1.165) is 17.1 Å². The Balaban J connectivity index is 2.14. The highest BCUT2D eigenvalue weighted by molar-refractivity contribution is 7.67. The van der Waals surface area contributed by atoms with E-state index in [1.807, 2.05) is 0 Å². The van der Waals surface area contributed by atoms with E-state index < -0.39 is 76.1 Å². The largest absolute Gasteiger partial charge is 0.460 e. The van der Waals surface area contributed by atoms with Crippen LogP contribution in [0.3, 0.4) is 0 Å². The molecular formula is C31H44N6O11S. The molecule has 1 aromatic carbocycles. The molecule has 0 saturated heterocycles. The first-order chi connectivity index (χ1) is 22.9. The maximum atomic E-state index is 13.5. The summed E-state index contributed by atoms with van der Waals surface area (Å²) in [5, 5.41) is 10.1. The molecule has 49 heavy (non-hydrogen) atoms. The number of hydrogen-bond acceptors (Lipinski definition) is 11. The number of anilines is 1. The maximum absolute atomic E-state index is 13.5. The fraction of sp³-hybridized carbons (Fsp3) is 0.516. The van der Waals surface area contributed by atoms with Crippen molar-refractivity contribution in [2.24, 2.45) is 17.1 Å². The summed E-state index contributed by atoms with van der Waals surface area (Å²) < 4.78 is 32.7. The number of urea groups is 1. The summed E-state index contributed by atoms with van der Waals surface area (Å²) in [5.41, 5.74) is 5.49. The predicted molar refractivity (Wildman–Crippen MR) is 176 cm³/mol. The normalized spacial score (nSPS) is 14.7. The van der Waals surface area contributed by atoms with Crippen molar-refractivity contribution in [3.05, 3.63) is 42.0 Å². The zero-order valence-electron chi connectivity index (χ0n) is 28.0. The van der Waals surface area contributed by atoms with E-state index in [4.69, 9.17) is 14.7 Å². The predicted octanol–water partition coefficient (Wildman–Crippen LogP) is 0.0152. The number of primary amides is 1. The number of ether oxygens (including phenoxy) is 1. The van der Waals surface area contributed by atoms with Gasteiger partial charge >= 0.3 is 12.0 Å². The number of imide groups is 1. The third-order valence-corrected chi connectivity index (χ3v) is 7.50. The smallest absolute Gasteiger partial charge is 0.312 e. The molecule has 0 radical (unpaired) electrons. The van der Waals surface area contributed by atoms with Crippen LogP contribution in [0, 0.1) is 11.3 Å². The minimum atomic E-state index is -3.53. The summed E-state index contributed by atoms with van der Waals surface area (Å²) in [5.74, 6) is -4.60. The molecule has 7 amide bonds. The van der Waals surface area contributed by atoms with E-state index >= 15 is 0 Å². The molecule has 0 unspecified atom stereocenters. The molecule has 0 aliphatic carbocycles. The Hall–Kier alpha value is -4.84. The van der Waals surface area contributed by atoms with Crippen LogP contribution in [-0.4, -0.2) is 86.1 Å². The summed E-state index contributed by atoms with van der Waals surface area (Å²) in [7, 11) is -3.53. The highest BCUT2D eigenvalue weighted by Crippen LogP contribution is 2.18. The van der Waals surface area contributed by atoms with Crippen LogP contribution in [0.25, 0.3) is 0 Å². The molecule has 17 nitrogen and oxygen atoms in total. The number of amides is 7. The zero-order chi connectivity index (χ0) is 36.9. The Morgan fingerprint density at radius 1 is 0.898 bits per heavy atom. The summed E-state index contributed by atoms with van der Waals surface area (Å²) in [6.45, 7) is 8.22. The molecule has 18 heteroatoms. The van der Waals surface area contributed by atoms with Gasteiger partial charge in [-0.2, -0.15) is 0 Å². The molecule has 6 N–H and O–H groups in total. The van der Waals surface area contributed by atoms with Gasteiger partial charge < -0.3 is 31.7 Å². The Morgan fingerprint density at radius 2 is 1.51 bits per heavy atom.